The van der Waals surface area contributed by atoms with Crippen LogP contribution in [-0.2, 0) is 15.6 Å². The maximum atomic E-state index is 12.9. The van der Waals surface area contributed by atoms with Crippen molar-refractivity contribution < 1.29 is 13.4 Å². The first-order chi connectivity index (χ1) is 8.99. The lowest BCUT2D eigenvalue weighted by Gasteiger charge is -2.26. The van der Waals surface area contributed by atoms with Gasteiger partial charge in [-0.1, -0.05) is 12.1 Å². The second kappa shape index (κ2) is 5.79. The third kappa shape index (κ3) is 3.19. The van der Waals surface area contributed by atoms with Gasteiger partial charge in [-0.25, -0.2) is 4.39 Å². The number of carbonyl (C=O) groups excluding carboxylic acids is 1. The van der Waals surface area contributed by atoms with Crippen LogP contribution in [0.25, 0.3) is 0 Å². The highest BCUT2D eigenvalue weighted by Gasteiger charge is 2.32. The first-order valence-electron chi connectivity index (χ1n) is 6.09. The Balaban J connectivity index is 2.17. The molecule has 1 saturated heterocycles. The molecule has 0 bridgehead atoms. The molecule has 4 nitrogen and oxygen atoms in total. The van der Waals surface area contributed by atoms with Crippen molar-refractivity contribution >= 4 is 16.7 Å². The van der Waals surface area contributed by atoms with Gasteiger partial charge in [-0.15, -0.1) is 0 Å². The number of halogens is 1. The highest BCUT2D eigenvalue weighted by atomic mass is 32.2. The predicted octanol–water partition coefficient (Wildman–Crippen LogP) is 1.02. The van der Waals surface area contributed by atoms with Crippen LogP contribution in [0, 0.1) is 5.82 Å². The minimum absolute atomic E-state index is 0.0216. The molecule has 1 aliphatic heterocycles. The molecule has 19 heavy (non-hydrogen) atoms. The molecule has 104 valence electrons. The van der Waals surface area contributed by atoms with E-state index in [0.29, 0.717) is 6.54 Å². The topological polar surface area (TPSA) is 49.4 Å². The maximum Gasteiger partial charge on any atom is 0.238 e. The van der Waals surface area contributed by atoms with Crippen LogP contribution < -0.4 is 5.32 Å². The molecule has 1 aliphatic rings. The first-order valence-corrected chi connectivity index (χ1v) is 7.71. The van der Waals surface area contributed by atoms with Crippen molar-refractivity contribution in [1.82, 2.24) is 10.2 Å². The summed E-state index contributed by atoms with van der Waals surface area (Å²) in [5.74, 6) is -0.325. The summed E-state index contributed by atoms with van der Waals surface area (Å²) < 4.78 is 24.4. The average Bonchev–Trinajstić information content (AvgIpc) is 2.72. The van der Waals surface area contributed by atoms with E-state index in [-0.39, 0.29) is 29.7 Å². The van der Waals surface area contributed by atoms with E-state index in [4.69, 9.17) is 0 Å². The van der Waals surface area contributed by atoms with Gasteiger partial charge in [0.05, 0.1) is 6.54 Å². The molecule has 0 radical (unpaired) electrons. The van der Waals surface area contributed by atoms with Crippen LogP contribution in [0.4, 0.5) is 4.39 Å². The standard InChI is InChI=1S/C13H17FN2O2S/c1-9(19(2)18)8-16-12(17)7-15-13(16)10-3-5-11(14)6-4-10/h3-6,9,13,15H,7-8H2,1-2H3. The van der Waals surface area contributed by atoms with E-state index < -0.39 is 10.8 Å². The molecule has 0 spiro atoms. The van der Waals surface area contributed by atoms with Crippen molar-refractivity contribution in [2.75, 3.05) is 19.3 Å². The number of amides is 1. The first kappa shape index (κ1) is 14.1. The molecule has 2 rings (SSSR count). The van der Waals surface area contributed by atoms with Crippen LogP contribution in [0.2, 0.25) is 0 Å². The van der Waals surface area contributed by atoms with Gasteiger partial charge in [0.15, 0.2) is 0 Å². The van der Waals surface area contributed by atoms with Crippen molar-refractivity contribution in [2.24, 2.45) is 0 Å². The van der Waals surface area contributed by atoms with Gasteiger partial charge in [0, 0.05) is 28.9 Å². The van der Waals surface area contributed by atoms with Gasteiger partial charge in [-0.3, -0.25) is 14.3 Å². The second-order valence-electron chi connectivity index (χ2n) is 4.69. The number of hydrogen-bond donors (Lipinski definition) is 1. The van der Waals surface area contributed by atoms with E-state index in [9.17, 15) is 13.4 Å². The fraction of sp³-hybridized carbons (Fsp3) is 0.462. The quantitative estimate of drug-likeness (QED) is 0.898. The van der Waals surface area contributed by atoms with Gasteiger partial charge in [0.25, 0.3) is 0 Å². The lowest BCUT2D eigenvalue weighted by molar-refractivity contribution is -0.128. The zero-order valence-electron chi connectivity index (χ0n) is 10.9. The molecule has 0 saturated carbocycles. The second-order valence-corrected chi connectivity index (χ2v) is 6.49. The zero-order valence-corrected chi connectivity index (χ0v) is 11.7. The van der Waals surface area contributed by atoms with Crippen LogP contribution in [0.5, 0.6) is 0 Å². The summed E-state index contributed by atoms with van der Waals surface area (Å²) in [6.07, 6.45) is 1.37. The number of benzene rings is 1. The number of hydrogen-bond acceptors (Lipinski definition) is 3. The molecule has 0 aliphatic carbocycles. The molecular weight excluding hydrogens is 267 g/mol. The normalized spacial score (nSPS) is 22.6. The van der Waals surface area contributed by atoms with Crippen LogP contribution in [0.1, 0.15) is 18.7 Å². The Hall–Kier alpha value is -1.27. The molecule has 3 unspecified atom stereocenters. The molecule has 3 atom stereocenters. The van der Waals surface area contributed by atoms with Gasteiger partial charge >= 0.3 is 0 Å². The van der Waals surface area contributed by atoms with Crippen molar-refractivity contribution in [1.29, 1.82) is 0 Å². The number of rotatable bonds is 4. The van der Waals surface area contributed by atoms with Gasteiger partial charge in [-0.2, -0.15) is 0 Å². The molecule has 1 fully saturated rings. The van der Waals surface area contributed by atoms with E-state index in [1.807, 2.05) is 6.92 Å². The zero-order chi connectivity index (χ0) is 14.0. The molecule has 6 heteroatoms. The third-order valence-corrected chi connectivity index (χ3v) is 4.57. The lowest BCUT2D eigenvalue weighted by Crippen LogP contribution is -2.37. The summed E-state index contributed by atoms with van der Waals surface area (Å²) in [6, 6.07) is 6.07. The fourth-order valence-electron chi connectivity index (χ4n) is 2.07. The Labute approximate surface area is 114 Å². The third-order valence-electron chi connectivity index (χ3n) is 3.28. The van der Waals surface area contributed by atoms with Crippen molar-refractivity contribution in [3.63, 3.8) is 0 Å². The highest BCUT2D eigenvalue weighted by Crippen LogP contribution is 2.23. The Bertz CT molecular complexity index is 492. The number of carbonyl (C=O) groups is 1. The maximum absolute atomic E-state index is 12.9. The van der Waals surface area contributed by atoms with E-state index in [1.165, 1.54) is 12.1 Å². The van der Waals surface area contributed by atoms with Gasteiger partial charge < -0.3 is 4.90 Å². The minimum atomic E-state index is -0.978. The molecular formula is C13H17FN2O2S. The monoisotopic (exact) mass is 284 g/mol. The molecule has 1 heterocycles. The number of nitrogens with zero attached hydrogens (tertiary/aromatic N) is 1. The molecule has 1 amide bonds. The van der Waals surface area contributed by atoms with Crippen molar-refractivity contribution in [3.05, 3.63) is 35.6 Å². The van der Waals surface area contributed by atoms with E-state index in [0.717, 1.165) is 5.56 Å². The van der Waals surface area contributed by atoms with E-state index in [2.05, 4.69) is 5.32 Å². The summed E-state index contributed by atoms with van der Waals surface area (Å²) in [7, 11) is -0.978. The summed E-state index contributed by atoms with van der Waals surface area (Å²) >= 11 is 0. The fourth-order valence-corrected chi connectivity index (χ4v) is 2.44. The SMILES string of the molecule is CC(CN1C(=O)CNC1c1ccc(F)cc1)S(C)=O. The Morgan fingerprint density at radius 2 is 2.11 bits per heavy atom. The Morgan fingerprint density at radius 3 is 2.68 bits per heavy atom. The van der Waals surface area contributed by atoms with Crippen LogP contribution >= 0.6 is 0 Å². The summed E-state index contributed by atoms with van der Waals surface area (Å²) in [5, 5.41) is 3.00. The lowest BCUT2D eigenvalue weighted by atomic mass is 10.1. The van der Waals surface area contributed by atoms with Crippen molar-refractivity contribution in [2.45, 2.75) is 18.3 Å². The molecule has 1 aromatic carbocycles. The van der Waals surface area contributed by atoms with Crippen LogP contribution in [0.3, 0.4) is 0 Å². The van der Waals surface area contributed by atoms with Crippen molar-refractivity contribution in [3.8, 4) is 0 Å². The van der Waals surface area contributed by atoms with Crippen LogP contribution in [0.15, 0.2) is 24.3 Å². The summed E-state index contributed by atoms with van der Waals surface area (Å²) in [6.45, 7) is 2.53. The average molecular weight is 284 g/mol. The summed E-state index contributed by atoms with van der Waals surface area (Å²) in [5.41, 5.74) is 0.835. The minimum Gasteiger partial charge on any atom is -0.321 e. The van der Waals surface area contributed by atoms with Gasteiger partial charge in [-0.05, 0) is 24.6 Å². The highest BCUT2D eigenvalue weighted by molar-refractivity contribution is 7.84. The Kier molecular flexibility index (Phi) is 4.31. The number of nitrogens with one attached hydrogen (secondary N) is 1. The predicted molar refractivity (Wildman–Crippen MR) is 72.4 cm³/mol. The molecule has 1 aromatic rings. The largest absolute Gasteiger partial charge is 0.321 e. The molecule has 1 N–H and O–H groups in total. The van der Waals surface area contributed by atoms with Crippen LogP contribution in [-0.4, -0.2) is 39.6 Å². The van der Waals surface area contributed by atoms with E-state index >= 15 is 0 Å². The smallest absolute Gasteiger partial charge is 0.238 e. The molecule has 0 aromatic heterocycles. The van der Waals surface area contributed by atoms with E-state index in [1.54, 1.807) is 23.3 Å². The van der Waals surface area contributed by atoms with Gasteiger partial charge in [0.2, 0.25) is 5.91 Å². The van der Waals surface area contributed by atoms with Gasteiger partial charge in [0.1, 0.15) is 12.0 Å². The Morgan fingerprint density at radius 1 is 1.47 bits per heavy atom. The summed E-state index contributed by atoms with van der Waals surface area (Å²) in [4.78, 5) is 13.5.